The van der Waals surface area contributed by atoms with E-state index in [9.17, 15) is 26.4 Å². The van der Waals surface area contributed by atoms with Gasteiger partial charge in [0.15, 0.2) is 0 Å². The molecule has 26 heavy (non-hydrogen) atoms. The van der Waals surface area contributed by atoms with Crippen LogP contribution in [0.2, 0.25) is 0 Å². The van der Waals surface area contributed by atoms with Crippen LogP contribution in [0.4, 0.5) is 18.9 Å². The van der Waals surface area contributed by atoms with E-state index in [2.05, 4.69) is 10.5 Å². The molecule has 0 saturated carbocycles. The number of sulfonamides is 1. The Morgan fingerprint density at radius 1 is 1.31 bits per heavy atom. The topological polar surface area (TPSA) is 78.8 Å². The summed E-state index contributed by atoms with van der Waals surface area (Å²) in [5.74, 6) is -0.791. The Labute approximate surface area is 152 Å². The molecule has 0 bridgehead atoms. The molecule has 0 fully saturated rings. The minimum Gasteiger partial charge on any atom is -0.271 e. The zero-order valence-electron chi connectivity index (χ0n) is 13.4. The van der Waals surface area contributed by atoms with Gasteiger partial charge >= 0.3 is 6.18 Å². The Balaban J connectivity index is 2.17. The first-order chi connectivity index (χ1) is 12.1. The molecule has 0 unspecified atom stereocenters. The van der Waals surface area contributed by atoms with Gasteiger partial charge in [0.1, 0.15) is 6.54 Å². The molecule has 140 valence electrons. The molecule has 0 saturated heterocycles. The third-order valence-corrected chi connectivity index (χ3v) is 5.02. The van der Waals surface area contributed by atoms with Gasteiger partial charge in [-0.3, -0.25) is 9.10 Å². The van der Waals surface area contributed by atoms with Crippen molar-refractivity contribution in [1.82, 2.24) is 5.43 Å². The fourth-order valence-electron chi connectivity index (χ4n) is 1.94. The van der Waals surface area contributed by atoms with Crippen molar-refractivity contribution >= 4 is 39.2 Å². The quantitative estimate of drug-likeness (QED) is 0.593. The number of hydrogen-bond donors (Lipinski definition) is 1. The van der Waals surface area contributed by atoms with Gasteiger partial charge in [-0.25, -0.2) is 13.8 Å². The van der Waals surface area contributed by atoms with E-state index < -0.39 is 34.2 Å². The average molecular weight is 405 g/mol. The second-order valence-electron chi connectivity index (χ2n) is 5.13. The number of carbonyl (C=O) groups excluding carboxylic acids is 1. The molecular formula is C15H14F3N3O3S2. The fraction of sp³-hybridized carbons (Fsp3) is 0.200. The van der Waals surface area contributed by atoms with E-state index in [4.69, 9.17) is 0 Å². The van der Waals surface area contributed by atoms with Gasteiger partial charge in [0.05, 0.1) is 23.7 Å². The zero-order valence-corrected chi connectivity index (χ0v) is 15.0. The van der Waals surface area contributed by atoms with Crippen LogP contribution in [0.15, 0.2) is 46.9 Å². The third kappa shape index (κ3) is 5.56. The Morgan fingerprint density at radius 3 is 2.62 bits per heavy atom. The van der Waals surface area contributed by atoms with Crippen molar-refractivity contribution in [2.24, 2.45) is 5.10 Å². The first-order valence-electron chi connectivity index (χ1n) is 7.08. The molecule has 1 aromatic heterocycles. The summed E-state index contributed by atoms with van der Waals surface area (Å²) in [6.45, 7) is -0.706. The zero-order chi connectivity index (χ0) is 19.4. The number of thiophene rings is 1. The summed E-state index contributed by atoms with van der Waals surface area (Å²) in [5, 5.41) is 5.49. The largest absolute Gasteiger partial charge is 0.416 e. The number of hydrazone groups is 1. The summed E-state index contributed by atoms with van der Waals surface area (Å²) in [7, 11) is -3.99. The lowest BCUT2D eigenvalue weighted by molar-refractivity contribution is -0.137. The van der Waals surface area contributed by atoms with Crippen molar-refractivity contribution in [2.75, 3.05) is 17.1 Å². The van der Waals surface area contributed by atoms with Crippen LogP contribution in [0.25, 0.3) is 0 Å². The maximum atomic E-state index is 12.8. The van der Waals surface area contributed by atoms with Gasteiger partial charge in [-0.2, -0.15) is 18.3 Å². The summed E-state index contributed by atoms with van der Waals surface area (Å²) >= 11 is 1.38. The maximum Gasteiger partial charge on any atom is 0.416 e. The van der Waals surface area contributed by atoms with E-state index in [1.807, 2.05) is 5.38 Å². The lowest BCUT2D eigenvalue weighted by Crippen LogP contribution is -2.39. The van der Waals surface area contributed by atoms with Gasteiger partial charge in [-0.15, -0.1) is 11.3 Å². The Hall–Kier alpha value is -2.40. The van der Waals surface area contributed by atoms with Crippen LogP contribution in [-0.2, 0) is 21.0 Å². The predicted octanol–water partition coefficient (Wildman–Crippen LogP) is 2.68. The fourth-order valence-corrected chi connectivity index (χ4v) is 3.37. The Morgan fingerprint density at radius 2 is 2.04 bits per heavy atom. The first-order valence-corrected chi connectivity index (χ1v) is 9.80. The van der Waals surface area contributed by atoms with Gasteiger partial charge in [0.2, 0.25) is 10.0 Å². The molecule has 6 nitrogen and oxygen atoms in total. The summed E-state index contributed by atoms with van der Waals surface area (Å²) in [5.41, 5.74) is 0.869. The highest BCUT2D eigenvalue weighted by atomic mass is 32.2. The van der Waals surface area contributed by atoms with Crippen LogP contribution in [0.3, 0.4) is 0 Å². The van der Waals surface area contributed by atoms with E-state index in [1.54, 1.807) is 12.1 Å². The smallest absolute Gasteiger partial charge is 0.271 e. The SMILES string of the molecule is CS(=O)(=O)N(CC(=O)N/N=C\c1cccs1)c1cccc(C(F)(F)F)c1. The number of carbonyl (C=O) groups is 1. The van der Waals surface area contributed by atoms with E-state index in [0.717, 1.165) is 23.3 Å². The molecule has 1 N–H and O–H groups in total. The molecule has 0 atom stereocenters. The highest BCUT2D eigenvalue weighted by Gasteiger charge is 2.31. The van der Waals surface area contributed by atoms with Gasteiger partial charge in [-0.1, -0.05) is 12.1 Å². The molecule has 11 heteroatoms. The van der Waals surface area contributed by atoms with E-state index in [0.29, 0.717) is 10.4 Å². The highest BCUT2D eigenvalue weighted by Crippen LogP contribution is 2.32. The van der Waals surface area contributed by atoms with Crippen LogP contribution in [0.5, 0.6) is 0 Å². The molecule has 0 radical (unpaired) electrons. The molecule has 0 aliphatic rings. The molecule has 0 aliphatic carbocycles. The number of halogens is 3. The van der Waals surface area contributed by atoms with Crippen molar-refractivity contribution in [1.29, 1.82) is 0 Å². The molecule has 1 amide bonds. The Kier molecular flexibility index (Phi) is 6.03. The first kappa shape index (κ1) is 19.9. The molecule has 1 heterocycles. The van der Waals surface area contributed by atoms with Gasteiger partial charge in [-0.05, 0) is 29.6 Å². The number of benzene rings is 1. The van der Waals surface area contributed by atoms with Crippen LogP contribution < -0.4 is 9.73 Å². The van der Waals surface area contributed by atoms with E-state index in [-0.39, 0.29) is 5.69 Å². The van der Waals surface area contributed by atoms with Gasteiger partial charge in [0, 0.05) is 4.88 Å². The summed E-state index contributed by atoms with van der Waals surface area (Å²) in [4.78, 5) is 12.7. The van der Waals surface area contributed by atoms with E-state index in [1.165, 1.54) is 23.6 Å². The maximum absolute atomic E-state index is 12.8. The van der Waals surface area contributed by atoms with E-state index >= 15 is 0 Å². The van der Waals surface area contributed by atoms with Gasteiger partial charge < -0.3 is 0 Å². The molecular weight excluding hydrogens is 391 g/mol. The second kappa shape index (κ2) is 7.87. The van der Waals surface area contributed by atoms with Crippen LogP contribution >= 0.6 is 11.3 Å². The van der Waals surface area contributed by atoms with Crippen molar-refractivity contribution in [2.45, 2.75) is 6.18 Å². The lowest BCUT2D eigenvalue weighted by Gasteiger charge is -2.22. The number of nitrogens with one attached hydrogen (secondary N) is 1. The standard InChI is InChI=1S/C15H14F3N3O3S2/c1-26(23,24)21(12-5-2-4-11(8-12)15(16,17)18)10-14(22)20-19-9-13-6-3-7-25-13/h2-9H,10H2,1H3,(H,20,22)/b19-9-. The average Bonchev–Trinajstić information content (AvgIpc) is 3.04. The van der Waals surface area contributed by atoms with Crippen molar-refractivity contribution in [3.05, 3.63) is 52.2 Å². The molecule has 2 rings (SSSR count). The van der Waals surface area contributed by atoms with Gasteiger partial charge in [0.25, 0.3) is 5.91 Å². The predicted molar refractivity (Wildman–Crippen MR) is 93.7 cm³/mol. The lowest BCUT2D eigenvalue weighted by atomic mass is 10.2. The van der Waals surface area contributed by atoms with Crippen molar-refractivity contribution in [3.8, 4) is 0 Å². The monoisotopic (exact) mass is 405 g/mol. The summed E-state index contributed by atoms with van der Waals surface area (Å²) < 4.78 is 62.9. The number of nitrogens with zero attached hydrogens (tertiary/aromatic N) is 2. The number of alkyl halides is 3. The highest BCUT2D eigenvalue weighted by molar-refractivity contribution is 7.92. The Bertz CT molecular complexity index is 894. The van der Waals surface area contributed by atoms with Crippen LogP contribution in [-0.4, -0.2) is 33.3 Å². The molecule has 0 spiro atoms. The van der Waals surface area contributed by atoms with Crippen molar-refractivity contribution < 1.29 is 26.4 Å². The number of rotatable bonds is 6. The van der Waals surface area contributed by atoms with Crippen molar-refractivity contribution in [3.63, 3.8) is 0 Å². The van der Waals surface area contributed by atoms with Crippen LogP contribution in [0, 0.1) is 0 Å². The summed E-state index contributed by atoms with van der Waals surface area (Å²) in [6.07, 6.45) is -2.46. The molecule has 2 aromatic rings. The second-order valence-corrected chi connectivity index (χ2v) is 8.01. The molecule has 0 aliphatic heterocycles. The minimum absolute atomic E-state index is 0.264. The number of anilines is 1. The third-order valence-electron chi connectivity index (χ3n) is 3.07. The normalized spacial score (nSPS) is 12.3. The number of amides is 1. The van der Waals surface area contributed by atoms with Crippen LogP contribution in [0.1, 0.15) is 10.4 Å². The summed E-state index contributed by atoms with van der Waals surface area (Å²) in [6, 6.07) is 7.28. The molecule has 1 aromatic carbocycles. The minimum atomic E-state index is -4.63. The number of hydrogen-bond acceptors (Lipinski definition) is 5.